The van der Waals surface area contributed by atoms with Crippen molar-refractivity contribution in [1.82, 2.24) is 0 Å². The summed E-state index contributed by atoms with van der Waals surface area (Å²) in [5.41, 5.74) is 0.868. The van der Waals surface area contributed by atoms with E-state index in [1.807, 2.05) is 6.07 Å². The second kappa shape index (κ2) is 6.12. The molecule has 1 aromatic rings. The van der Waals surface area contributed by atoms with Gasteiger partial charge >= 0.3 is 5.97 Å². The number of methoxy groups -OCH3 is 2. The van der Waals surface area contributed by atoms with E-state index in [9.17, 15) is 9.90 Å². The number of benzene rings is 1. The van der Waals surface area contributed by atoms with Crippen molar-refractivity contribution in [1.29, 1.82) is 0 Å². The molecular weight excluding hydrogens is 208 g/mol. The van der Waals surface area contributed by atoms with E-state index in [4.69, 9.17) is 4.74 Å². The Morgan fingerprint density at radius 3 is 2.75 bits per heavy atom. The molecule has 0 aliphatic heterocycles. The fourth-order valence-electron chi connectivity index (χ4n) is 1.54. The van der Waals surface area contributed by atoms with Gasteiger partial charge in [0.1, 0.15) is 5.75 Å². The van der Waals surface area contributed by atoms with Gasteiger partial charge in [-0.15, -0.1) is 0 Å². The first kappa shape index (κ1) is 12.5. The van der Waals surface area contributed by atoms with Crippen molar-refractivity contribution in [3.8, 4) is 5.75 Å². The molecule has 88 valence electrons. The van der Waals surface area contributed by atoms with Crippen LogP contribution in [-0.4, -0.2) is 31.9 Å². The van der Waals surface area contributed by atoms with Gasteiger partial charge in [-0.05, 0) is 17.7 Å². The number of ether oxygens (including phenoxy) is 2. The SMILES string of the molecule is COCC(CC(=O)OC)c1cccc(O)c1. The van der Waals surface area contributed by atoms with E-state index < -0.39 is 0 Å². The van der Waals surface area contributed by atoms with Crippen molar-refractivity contribution >= 4 is 5.97 Å². The lowest BCUT2D eigenvalue weighted by Crippen LogP contribution is -2.13. The molecule has 4 nitrogen and oxygen atoms in total. The zero-order valence-corrected chi connectivity index (χ0v) is 9.47. The van der Waals surface area contributed by atoms with E-state index in [1.165, 1.54) is 7.11 Å². The summed E-state index contributed by atoms with van der Waals surface area (Å²) in [5.74, 6) is -0.196. The topological polar surface area (TPSA) is 55.8 Å². The summed E-state index contributed by atoms with van der Waals surface area (Å²) >= 11 is 0. The van der Waals surface area contributed by atoms with Gasteiger partial charge in [-0.1, -0.05) is 12.1 Å². The summed E-state index contributed by atoms with van der Waals surface area (Å²) in [7, 11) is 2.93. The van der Waals surface area contributed by atoms with Crippen molar-refractivity contribution in [2.75, 3.05) is 20.8 Å². The molecule has 4 heteroatoms. The van der Waals surface area contributed by atoms with Crippen LogP contribution in [0.25, 0.3) is 0 Å². The van der Waals surface area contributed by atoms with Crippen LogP contribution in [0.2, 0.25) is 0 Å². The second-order valence-corrected chi connectivity index (χ2v) is 3.53. The fraction of sp³-hybridized carbons (Fsp3) is 0.417. The third-order valence-electron chi connectivity index (χ3n) is 2.35. The number of rotatable bonds is 5. The smallest absolute Gasteiger partial charge is 0.306 e. The van der Waals surface area contributed by atoms with E-state index in [2.05, 4.69) is 4.74 Å². The zero-order valence-electron chi connectivity index (χ0n) is 9.47. The van der Waals surface area contributed by atoms with Crippen molar-refractivity contribution in [3.05, 3.63) is 29.8 Å². The van der Waals surface area contributed by atoms with Crippen LogP contribution >= 0.6 is 0 Å². The molecule has 1 atom stereocenters. The number of aromatic hydroxyl groups is 1. The van der Waals surface area contributed by atoms with Crippen molar-refractivity contribution in [3.63, 3.8) is 0 Å². The van der Waals surface area contributed by atoms with Gasteiger partial charge in [0.2, 0.25) is 0 Å². The first-order valence-corrected chi connectivity index (χ1v) is 5.02. The van der Waals surface area contributed by atoms with Crippen molar-refractivity contribution in [2.24, 2.45) is 0 Å². The third-order valence-corrected chi connectivity index (χ3v) is 2.35. The predicted octanol–water partition coefficient (Wildman–Crippen LogP) is 1.69. The van der Waals surface area contributed by atoms with E-state index in [-0.39, 0.29) is 24.1 Å². The predicted molar refractivity (Wildman–Crippen MR) is 59.4 cm³/mol. The summed E-state index contributed by atoms with van der Waals surface area (Å²) < 4.78 is 9.68. The maximum absolute atomic E-state index is 11.2. The molecule has 0 saturated heterocycles. The summed E-state index contributed by atoms with van der Waals surface area (Å²) in [6.07, 6.45) is 0.244. The minimum Gasteiger partial charge on any atom is -0.508 e. The third kappa shape index (κ3) is 3.55. The monoisotopic (exact) mass is 224 g/mol. The van der Waals surface area contributed by atoms with Gasteiger partial charge in [0.15, 0.2) is 0 Å². The molecule has 0 heterocycles. The maximum Gasteiger partial charge on any atom is 0.306 e. The maximum atomic E-state index is 11.2. The first-order chi connectivity index (χ1) is 7.67. The molecule has 0 saturated carbocycles. The molecule has 1 N–H and O–H groups in total. The summed E-state index contributed by atoms with van der Waals surface area (Å²) in [5, 5.41) is 9.36. The summed E-state index contributed by atoms with van der Waals surface area (Å²) in [6.45, 7) is 0.415. The van der Waals surface area contributed by atoms with Crippen LogP contribution in [-0.2, 0) is 14.3 Å². The second-order valence-electron chi connectivity index (χ2n) is 3.53. The minimum atomic E-state index is -0.287. The largest absolute Gasteiger partial charge is 0.508 e. The van der Waals surface area contributed by atoms with E-state index >= 15 is 0 Å². The molecule has 0 bridgehead atoms. The van der Waals surface area contributed by atoms with Crippen LogP contribution in [0.3, 0.4) is 0 Å². The number of carbonyl (C=O) groups is 1. The zero-order chi connectivity index (χ0) is 12.0. The lowest BCUT2D eigenvalue weighted by molar-refractivity contribution is -0.141. The summed E-state index contributed by atoms with van der Waals surface area (Å²) in [4.78, 5) is 11.2. The fourth-order valence-corrected chi connectivity index (χ4v) is 1.54. The van der Waals surface area contributed by atoms with Crippen molar-refractivity contribution < 1.29 is 19.4 Å². The number of carbonyl (C=O) groups excluding carboxylic acids is 1. The number of esters is 1. The van der Waals surface area contributed by atoms with Crippen LogP contribution in [0.15, 0.2) is 24.3 Å². The van der Waals surface area contributed by atoms with Gasteiger partial charge in [-0.25, -0.2) is 0 Å². The molecule has 1 aromatic carbocycles. The lowest BCUT2D eigenvalue weighted by atomic mass is 9.96. The van der Waals surface area contributed by atoms with Crippen LogP contribution in [0.5, 0.6) is 5.75 Å². The van der Waals surface area contributed by atoms with Crippen molar-refractivity contribution in [2.45, 2.75) is 12.3 Å². The normalized spacial score (nSPS) is 12.1. The average Bonchev–Trinajstić information content (AvgIpc) is 2.28. The highest BCUT2D eigenvalue weighted by Crippen LogP contribution is 2.23. The number of phenolic OH excluding ortho intramolecular Hbond substituents is 1. The summed E-state index contributed by atoms with van der Waals surface area (Å²) in [6, 6.07) is 6.81. The Kier molecular flexibility index (Phi) is 4.79. The first-order valence-electron chi connectivity index (χ1n) is 5.02. The highest BCUT2D eigenvalue weighted by atomic mass is 16.5. The molecule has 0 spiro atoms. The van der Waals surface area contributed by atoms with Gasteiger partial charge in [-0.3, -0.25) is 4.79 Å². The molecule has 0 fully saturated rings. The molecule has 16 heavy (non-hydrogen) atoms. The quantitative estimate of drug-likeness (QED) is 0.773. The van der Waals surface area contributed by atoms with E-state index in [1.54, 1.807) is 25.3 Å². The molecule has 0 aliphatic carbocycles. The standard InChI is InChI=1S/C12H16O4/c1-15-8-10(7-12(14)16-2)9-4-3-5-11(13)6-9/h3-6,10,13H,7-8H2,1-2H3. The average molecular weight is 224 g/mol. The van der Waals surface area contributed by atoms with E-state index in [0.29, 0.717) is 6.61 Å². The van der Waals surface area contributed by atoms with Crippen LogP contribution in [0, 0.1) is 0 Å². The Morgan fingerprint density at radius 2 is 2.19 bits per heavy atom. The van der Waals surface area contributed by atoms with Gasteiger partial charge < -0.3 is 14.6 Å². The van der Waals surface area contributed by atoms with Crippen LogP contribution in [0.4, 0.5) is 0 Å². The Balaban J connectivity index is 2.80. The molecule has 0 radical (unpaired) electrons. The molecule has 1 unspecified atom stereocenters. The van der Waals surface area contributed by atoms with Gasteiger partial charge in [0.25, 0.3) is 0 Å². The van der Waals surface area contributed by atoms with E-state index in [0.717, 1.165) is 5.56 Å². The van der Waals surface area contributed by atoms with Gasteiger partial charge in [0.05, 0.1) is 20.1 Å². The van der Waals surface area contributed by atoms with Crippen LogP contribution in [0.1, 0.15) is 17.9 Å². The van der Waals surface area contributed by atoms with Gasteiger partial charge in [-0.2, -0.15) is 0 Å². The molecular formula is C12H16O4. The number of hydrogen-bond donors (Lipinski definition) is 1. The number of phenols is 1. The van der Waals surface area contributed by atoms with Gasteiger partial charge in [0, 0.05) is 13.0 Å². The Labute approximate surface area is 94.8 Å². The molecule has 0 aliphatic rings. The minimum absolute atomic E-state index is 0.0930. The highest BCUT2D eigenvalue weighted by Gasteiger charge is 2.16. The highest BCUT2D eigenvalue weighted by molar-refractivity contribution is 5.70. The molecule has 0 amide bonds. The Bertz CT molecular complexity index is 349. The molecule has 0 aromatic heterocycles. The number of hydrogen-bond acceptors (Lipinski definition) is 4. The Hall–Kier alpha value is -1.55. The van der Waals surface area contributed by atoms with Crippen LogP contribution < -0.4 is 0 Å². The molecule has 1 rings (SSSR count). The lowest BCUT2D eigenvalue weighted by Gasteiger charge is -2.15. The Morgan fingerprint density at radius 1 is 1.44 bits per heavy atom.